The van der Waals surface area contributed by atoms with E-state index in [0.717, 1.165) is 6.54 Å². The van der Waals surface area contributed by atoms with Gasteiger partial charge in [0.2, 0.25) is 0 Å². The van der Waals surface area contributed by atoms with Crippen molar-refractivity contribution in [2.24, 2.45) is 0 Å². The van der Waals surface area contributed by atoms with Crippen molar-refractivity contribution in [3.63, 3.8) is 0 Å². The fourth-order valence-electron chi connectivity index (χ4n) is 1.98. The third-order valence-electron chi connectivity index (χ3n) is 2.79. The van der Waals surface area contributed by atoms with Gasteiger partial charge in [-0.25, -0.2) is 4.79 Å². The molecule has 1 rings (SSSR count). The number of hydrogen-bond donors (Lipinski definition) is 1. The van der Waals surface area contributed by atoms with Crippen molar-refractivity contribution in [2.75, 3.05) is 20.2 Å². The monoisotopic (exact) mass is 270 g/mol. The van der Waals surface area contributed by atoms with Gasteiger partial charge >= 0.3 is 6.09 Å². The van der Waals surface area contributed by atoms with Crippen LogP contribution in [0.15, 0.2) is 12.2 Å². The van der Waals surface area contributed by atoms with Gasteiger partial charge in [-0.1, -0.05) is 12.2 Å². The molecule has 0 spiro atoms. The standard InChI is InChI=1S/C14H26N2O3/c1-13(2,3)19-12(17)16-11(8-7-9-15-6)10-18-14(16,4)5/h7-8,11,15H,9-10H2,1-6H3/b8-7+. The summed E-state index contributed by atoms with van der Waals surface area (Å²) in [5.41, 5.74) is -1.15. The summed E-state index contributed by atoms with van der Waals surface area (Å²) in [4.78, 5) is 14.0. The first kappa shape index (κ1) is 16.0. The zero-order valence-corrected chi connectivity index (χ0v) is 12.8. The molecule has 0 aliphatic carbocycles. The molecule has 1 aliphatic rings. The third-order valence-corrected chi connectivity index (χ3v) is 2.79. The van der Waals surface area contributed by atoms with E-state index < -0.39 is 11.3 Å². The Balaban J connectivity index is 2.81. The predicted octanol–water partition coefficient (Wildman–Crippen LogP) is 2.13. The van der Waals surface area contributed by atoms with Crippen LogP contribution in [0.25, 0.3) is 0 Å². The number of carbonyl (C=O) groups excluding carboxylic acids is 1. The molecule has 19 heavy (non-hydrogen) atoms. The number of nitrogens with zero attached hydrogens (tertiary/aromatic N) is 1. The number of hydrogen-bond acceptors (Lipinski definition) is 4. The number of amides is 1. The highest BCUT2D eigenvalue weighted by atomic mass is 16.6. The molecule has 1 N–H and O–H groups in total. The quantitative estimate of drug-likeness (QED) is 0.798. The molecule has 110 valence electrons. The molecule has 1 atom stereocenters. The first-order valence-corrected chi connectivity index (χ1v) is 6.65. The molecule has 0 aromatic rings. The average molecular weight is 270 g/mol. The van der Waals surface area contributed by atoms with E-state index in [9.17, 15) is 4.79 Å². The minimum atomic E-state index is -0.642. The fourth-order valence-corrected chi connectivity index (χ4v) is 1.98. The molecule has 1 aliphatic heterocycles. The van der Waals surface area contributed by atoms with Crippen molar-refractivity contribution in [1.29, 1.82) is 0 Å². The van der Waals surface area contributed by atoms with Gasteiger partial charge in [-0.2, -0.15) is 0 Å². The molecule has 5 heteroatoms. The first-order chi connectivity index (χ1) is 8.67. The molecule has 0 aromatic heterocycles. The van der Waals surface area contributed by atoms with E-state index in [-0.39, 0.29) is 12.1 Å². The largest absolute Gasteiger partial charge is 0.444 e. The molecule has 1 heterocycles. The van der Waals surface area contributed by atoms with Crippen molar-refractivity contribution >= 4 is 6.09 Å². The highest BCUT2D eigenvalue weighted by Gasteiger charge is 2.44. The van der Waals surface area contributed by atoms with Crippen molar-refractivity contribution < 1.29 is 14.3 Å². The molecular weight excluding hydrogens is 244 g/mol. The zero-order valence-electron chi connectivity index (χ0n) is 12.8. The molecule has 1 saturated heterocycles. The van der Waals surface area contributed by atoms with Crippen LogP contribution in [0, 0.1) is 0 Å². The Labute approximate surface area is 115 Å². The Hall–Kier alpha value is -1.07. The van der Waals surface area contributed by atoms with Crippen LogP contribution in [0.4, 0.5) is 4.79 Å². The second-order valence-electron chi connectivity index (χ2n) is 6.16. The van der Waals surface area contributed by atoms with E-state index in [1.54, 1.807) is 4.90 Å². The van der Waals surface area contributed by atoms with Gasteiger partial charge in [0.25, 0.3) is 0 Å². The summed E-state index contributed by atoms with van der Waals surface area (Å²) >= 11 is 0. The molecule has 1 unspecified atom stereocenters. The van der Waals surface area contributed by atoms with Gasteiger partial charge in [0.15, 0.2) is 0 Å². The molecule has 5 nitrogen and oxygen atoms in total. The van der Waals surface area contributed by atoms with Gasteiger partial charge in [-0.3, -0.25) is 4.90 Å². The van der Waals surface area contributed by atoms with Gasteiger partial charge in [0.1, 0.15) is 11.3 Å². The summed E-state index contributed by atoms with van der Waals surface area (Å²) in [6.07, 6.45) is 3.64. The average Bonchev–Trinajstić information content (AvgIpc) is 2.52. The van der Waals surface area contributed by atoms with E-state index in [0.29, 0.717) is 6.61 Å². The summed E-state index contributed by atoms with van der Waals surface area (Å²) in [6, 6.07) is -0.0850. The maximum Gasteiger partial charge on any atom is 0.413 e. The van der Waals surface area contributed by atoms with Gasteiger partial charge in [0.05, 0.1) is 12.6 Å². The van der Waals surface area contributed by atoms with Crippen molar-refractivity contribution in [3.05, 3.63) is 12.2 Å². The summed E-state index contributed by atoms with van der Waals surface area (Å²) in [5.74, 6) is 0. The fraction of sp³-hybridized carbons (Fsp3) is 0.786. The van der Waals surface area contributed by atoms with Crippen LogP contribution in [-0.4, -0.2) is 48.6 Å². The van der Waals surface area contributed by atoms with Crippen LogP contribution >= 0.6 is 0 Å². The van der Waals surface area contributed by atoms with Crippen LogP contribution in [0.3, 0.4) is 0 Å². The highest BCUT2D eigenvalue weighted by Crippen LogP contribution is 2.29. The normalized spacial score (nSPS) is 23.1. The van der Waals surface area contributed by atoms with Crippen LogP contribution in [0.1, 0.15) is 34.6 Å². The van der Waals surface area contributed by atoms with E-state index in [1.807, 2.05) is 53.8 Å². The molecule has 1 amide bonds. The summed E-state index contributed by atoms with van der Waals surface area (Å²) in [7, 11) is 1.88. The SMILES string of the molecule is CNC/C=C/C1COC(C)(C)N1C(=O)OC(C)(C)C. The molecule has 0 radical (unpaired) electrons. The van der Waals surface area contributed by atoms with Gasteiger partial charge in [-0.15, -0.1) is 0 Å². The lowest BCUT2D eigenvalue weighted by atomic mass is 10.2. The second kappa shape index (κ2) is 5.92. The highest BCUT2D eigenvalue weighted by molar-refractivity contribution is 5.70. The summed E-state index contributed by atoms with van der Waals surface area (Å²) in [6.45, 7) is 10.6. The molecule has 0 bridgehead atoms. The van der Waals surface area contributed by atoms with Crippen LogP contribution < -0.4 is 5.32 Å². The maximum absolute atomic E-state index is 12.3. The summed E-state index contributed by atoms with van der Waals surface area (Å²) in [5, 5.41) is 3.03. The maximum atomic E-state index is 12.3. The number of carbonyl (C=O) groups is 1. The predicted molar refractivity (Wildman–Crippen MR) is 75.0 cm³/mol. The van der Waals surface area contributed by atoms with Crippen LogP contribution in [0.2, 0.25) is 0 Å². The lowest BCUT2D eigenvalue weighted by Crippen LogP contribution is -2.49. The number of nitrogens with one attached hydrogen (secondary N) is 1. The Morgan fingerprint density at radius 1 is 1.53 bits per heavy atom. The van der Waals surface area contributed by atoms with Gasteiger partial charge < -0.3 is 14.8 Å². The number of likely N-dealkylation sites (N-methyl/N-ethyl adjacent to an activating group) is 1. The van der Waals surface area contributed by atoms with E-state index in [4.69, 9.17) is 9.47 Å². The molecule has 1 fully saturated rings. The Bertz CT molecular complexity index is 345. The number of rotatable bonds is 3. The molecular formula is C14H26N2O3. The third kappa shape index (κ3) is 4.51. The molecule has 0 saturated carbocycles. The van der Waals surface area contributed by atoms with Gasteiger partial charge in [-0.05, 0) is 41.7 Å². The smallest absolute Gasteiger partial charge is 0.413 e. The second-order valence-corrected chi connectivity index (χ2v) is 6.16. The first-order valence-electron chi connectivity index (χ1n) is 6.65. The minimum Gasteiger partial charge on any atom is -0.444 e. The Morgan fingerprint density at radius 2 is 2.16 bits per heavy atom. The Morgan fingerprint density at radius 3 is 2.68 bits per heavy atom. The van der Waals surface area contributed by atoms with Crippen LogP contribution in [-0.2, 0) is 9.47 Å². The van der Waals surface area contributed by atoms with E-state index in [2.05, 4.69) is 5.32 Å². The van der Waals surface area contributed by atoms with Crippen molar-refractivity contribution in [3.8, 4) is 0 Å². The van der Waals surface area contributed by atoms with Crippen molar-refractivity contribution in [1.82, 2.24) is 10.2 Å². The topological polar surface area (TPSA) is 50.8 Å². The van der Waals surface area contributed by atoms with Gasteiger partial charge in [0, 0.05) is 6.54 Å². The van der Waals surface area contributed by atoms with E-state index >= 15 is 0 Å². The lowest BCUT2D eigenvalue weighted by Gasteiger charge is -2.34. The summed E-state index contributed by atoms with van der Waals surface area (Å²) < 4.78 is 11.1. The van der Waals surface area contributed by atoms with Crippen molar-refractivity contribution in [2.45, 2.75) is 52.0 Å². The van der Waals surface area contributed by atoms with Crippen LogP contribution in [0.5, 0.6) is 0 Å². The Kier molecular flexibility index (Phi) is 4.98. The zero-order chi connectivity index (χ0) is 14.7. The number of ether oxygens (including phenoxy) is 2. The lowest BCUT2D eigenvalue weighted by molar-refractivity contribution is -0.0610. The van der Waals surface area contributed by atoms with E-state index in [1.165, 1.54) is 0 Å². The molecule has 0 aromatic carbocycles. The minimum absolute atomic E-state index is 0.0850.